The highest BCUT2D eigenvalue weighted by Gasteiger charge is 2.59. The minimum absolute atomic E-state index is 0.00821. The molecule has 3 saturated carbocycles. The van der Waals surface area contributed by atoms with Gasteiger partial charge in [0, 0.05) is 15.7 Å². The molecule has 0 aliphatic heterocycles. The van der Waals surface area contributed by atoms with Gasteiger partial charge in [-0.1, -0.05) is 65.5 Å². The van der Waals surface area contributed by atoms with Gasteiger partial charge in [-0.3, -0.25) is 5.32 Å². The monoisotopic (exact) mass is 631 g/mol. The van der Waals surface area contributed by atoms with E-state index in [4.69, 9.17) is 4.74 Å². The molecule has 0 radical (unpaired) electrons. The van der Waals surface area contributed by atoms with Gasteiger partial charge in [0.25, 0.3) is 0 Å². The summed E-state index contributed by atoms with van der Waals surface area (Å²) in [5.74, 6) is 5.14. The van der Waals surface area contributed by atoms with E-state index >= 15 is 0 Å². The Morgan fingerprint density at radius 3 is 2.53 bits per heavy atom. The van der Waals surface area contributed by atoms with Gasteiger partial charge in [-0.2, -0.15) is 0 Å². The average molecular weight is 632 g/mol. The van der Waals surface area contributed by atoms with Crippen LogP contribution in [0.1, 0.15) is 105 Å². The molecule has 0 heterocycles. The van der Waals surface area contributed by atoms with Crippen molar-refractivity contribution in [3.63, 3.8) is 0 Å². The molecule has 3 fully saturated rings. The number of carbonyl (C=O) groups is 1. The van der Waals surface area contributed by atoms with E-state index in [1.54, 1.807) is 5.57 Å². The summed E-state index contributed by atoms with van der Waals surface area (Å²) >= 11 is 2.27. The zero-order valence-corrected chi connectivity index (χ0v) is 26.6. The van der Waals surface area contributed by atoms with E-state index in [1.807, 2.05) is 24.3 Å². The first-order valence-corrected chi connectivity index (χ1v) is 16.6. The fraction of sp³-hybridized carbons (Fsp3) is 0.735. The van der Waals surface area contributed by atoms with E-state index in [0.29, 0.717) is 5.41 Å². The summed E-state index contributed by atoms with van der Waals surface area (Å²) in [6.07, 6.45) is 16.5. The number of benzene rings is 1. The molecule has 1 amide bonds. The first-order valence-electron chi connectivity index (χ1n) is 15.5. The van der Waals surface area contributed by atoms with Crippen LogP contribution < -0.4 is 5.32 Å². The van der Waals surface area contributed by atoms with Gasteiger partial charge in [0.2, 0.25) is 0 Å². The first-order chi connectivity index (χ1) is 18.1. The van der Waals surface area contributed by atoms with Crippen molar-refractivity contribution in [3.05, 3.63) is 39.5 Å². The number of rotatable bonds is 7. The SMILES string of the molecule is CC(C)CCC[C@@H](C)[C@H]1CC[C@H]2[C@@H]3CC=C4C[C@@H](OC(=O)Nc5ccc(I)cc5)CC[C@]4(C)[C@H]3CC[C@]12C. The zero-order valence-electron chi connectivity index (χ0n) is 24.4. The molecule has 0 bridgehead atoms. The highest BCUT2D eigenvalue weighted by atomic mass is 127. The molecule has 38 heavy (non-hydrogen) atoms. The van der Waals surface area contributed by atoms with Gasteiger partial charge in [0.05, 0.1) is 0 Å². The van der Waals surface area contributed by atoms with Crippen LogP contribution in [0.3, 0.4) is 0 Å². The molecule has 0 spiro atoms. The summed E-state index contributed by atoms with van der Waals surface area (Å²) in [4.78, 5) is 12.6. The van der Waals surface area contributed by atoms with Crippen molar-refractivity contribution < 1.29 is 9.53 Å². The smallest absolute Gasteiger partial charge is 0.411 e. The number of amides is 1. The molecule has 0 aromatic heterocycles. The van der Waals surface area contributed by atoms with Crippen LogP contribution in [0.25, 0.3) is 0 Å². The molecular formula is C34H50INO2. The number of ether oxygens (including phenoxy) is 1. The van der Waals surface area contributed by atoms with Crippen molar-refractivity contribution >= 4 is 34.4 Å². The maximum absolute atomic E-state index is 12.6. The van der Waals surface area contributed by atoms with Gasteiger partial charge >= 0.3 is 6.09 Å². The number of allylic oxidation sites excluding steroid dienone is 1. The van der Waals surface area contributed by atoms with Crippen molar-refractivity contribution in [2.24, 2.45) is 46.3 Å². The molecule has 4 aliphatic rings. The number of hydrogen-bond donors (Lipinski definition) is 1. The lowest BCUT2D eigenvalue weighted by molar-refractivity contribution is -0.0577. The Bertz CT molecular complexity index is 1020. The second-order valence-electron chi connectivity index (χ2n) is 14.2. The minimum Gasteiger partial charge on any atom is -0.446 e. The van der Waals surface area contributed by atoms with E-state index in [9.17, 15) is 4.79 Å². The predicted octanol–water partition coefficient (Wildman–Crippen LogP) is 10.2. The molecule has 210 valence electrons. The van der Waals surface area contributed by atoms with E-state index in [0.717, 1.165) is 64.0 Å². The maximum Gasteiger partial charge on any atom is 0.411 e. The van der Waals surface area contributed by atoms with Crippen LogP contribution in [0.5, 0.6) is 0 Å². The lowest BCUT2D eigenvalue weighted by atomic mass is 9.47. The summed E-state index contributed by atoms with van der Waals surface area (Å²) in [6.45, 7) is 12.5. The van der Waals surface area contributed by atoms with Crippen LogP contribution in [-0.4, -0.2) is 12.2 Å². The predicted molar refractivity (Wildman–Crippen MR) is 166 cm³/mol. The van der Waals surface area contributed by atoms with Crippen molar-refractivity contribution in [1.82, 2.24) is 0 Å². The van der Waals surface area contributed by atoms with Gasteiger partial charge in [0.15, 0.2) is 0 Å². The van der Waals surface area contributed by atoms with Crippen LogP contribution in [0.2, 0.25) is 0 Å². The Balaban J connectivity index is 1.21. The summed E-state index contributed by atoms with van der Waals surface area (Å²) in [6, 6.07) is 7.87. The first kappa shape index (κ1) is 28.5. The Morgan fingerprint density at radius 1 is 1.03 bits per heavy atom. The van der Waals surface area contributed by atoms with Gasteiger partial charge in [-0.25, -0.2) is 4.79 Å². The normalized spacial score (nSPS) is 37.0. The number of anilines is 1. The topological polar surface area (TPSA) is 38.3 Å². The maximum atomic E-state index is 12.6. The molecule has 5 rings (SSSR count). The highest BCUT2D eigenvalue weighted by molar-refractivity contribution is 14.1. The van der Waals surface area contributed by atoms with E-state index in [1.165, 1.54) is 51.4 Å². The molecule has 8 atom stereocenters. The summed E-state index contributed by atoms with van der Waals surface area (Å²) in [7, 11) is 0. The lowest BCUT2D eigenvalue weighted by Crippen LogP contribution is -2.51. The molecule has 4 heteroatoms. The third-order valence-corrected chi connectivity index (χ3v) is 12.3. The van der Waals surface area contributed by atoms with Crippen LogP contribution in [-0.2, 0) is 4.74 Å². The number of carbonyl (C=O) groups excluding carboxylic acids is 1. The standard InChI is InChI=1S/C34H50INO2/c1-22(2)7-6-8-23(3)29-15-16-30-28-14-9-24-21-27(38-32(37)36-26-12-10-25(35)11-13-26)17-19-33(24,4)31(28)18-20-34(29,30)5/h9-13,22-23,27-31H,6-8,14-21H2,1-5H3,(H,36,37)/t23-,27+,28+,29-,30+,31+,33+,34-/m1/s1. The molecule has 1 aromatic rings. The Kier molecular flexibility index (Phi) is 8.58. The van der Waals surface area contributed by atoms with Gasteiger partial charge in [0.1, 0.15) is 6.10 Å². The molecule has 4 aliphatic carbocycles. The van der Waals surface area contributed by atoms with E-state index < -0.39 is 0 Å². The third kappa shape index (κ3) is 5.59. The molecule has 1 aromatic carbocycles. The molecule has 3 nitrogen and oxygen atoms in total. The number of fused-ring (bicyclic) bond motifs is 5. The fourth-order valence-electron chi connectivity index (χ4n) is 9.58. The summed E-state index contributed by atoms with van der Waals surface area (Å²) in [5.41, 5.74) is 3.20. The largest absolute Gasteiger partial charge is 0.446 e. The second-order valence-corrected chi connectivity index (χ2v) is 15.4. The van der Waals surface area contributed by atoms with Crippen molar-refractivity contribution in [2.45, 2.75) is 111 Å². The Hall–Kier alpha value is -1.04. The van der Waals surface area contributed by atoms with Gasteiger partial charge in [-0.15, -0.1) is 0 Å². The van der Waals surface area contributed by atoms with Crippen molar-refractivity contribution in [2.75, 3.05) is 5.32 Å². The van der Waals surface area contributed by atoms with E-state index in [-0.39, 0.29) is 17.6 Å². The van der Waals surface area contributed by atoms with Crippen molar-refractivity contribution in [1.29, 1.82) is 0 Å². The fourth-order valence-corrected chi connectivity index (χ4v) is 9.94. The van der Waals surface area contributed by atoms with Gasteiger partial charge < -0.3 is 4.74 Å². The summed E-state index contributed by atoms with van der Waals surface area (Å²) in [5, 5.41) is 2.92. The van der Waals surface area contributed by atoms with Crippen LogP contribution in [0.15, 0.2) is 35.9 Å². The van der Waals surface area contributed by atoms with Crippen LogP contribution in [0, 0.1) is 49.9 Å². The number of nitrogens with one attached hydrogen (secondary N) is 1. The minimum atomic E-state index is -0.318. The molecule has 1 N–H and O–H groups in total. The zero-order chi connectivity index (χ0) is 27.1. The average Bonchev–Trinajstić information content (AvgIpc) is 3.23. The van der Waals surface area contributed by atoms with Crippen LogP contribution in [0.4, 0.5) is 10.5 Å². The van der Waals surface area contributed by atoms with Gasteiger partial charge in [-0.05, 0) is 138 Å². The van der Waals surface area contributed by atoms with Crippen molar-refractivity contribution in [3.8, 4) is 0 Å². The number of hydrogen-bond acceptors (Lipinski definition) is 2. The third-order valence-electron chi connectivity index (χ3n) is 11.6. The number of halogens is 1. The molecule has 0 saturated heterocycles. The second kappa shape index (κ2) is 11.4. The molecular weight excluding hydrogens is 581 g/mol. The van der Waals surface area contributed by atoms with Crippen LogP contribution >= 0.6 is 22.6 Å². The highest BCUT2D eigenvalue weighted by Crippen LogP contribution is 2.67. The molecule has 0 unspecified atom stereocenters. The van der Waals surface area contributed by atoms with E-state index in [2.05, 4.69) is 68.6 Å². The lowest BCUT2D eigenvalue weighted by Gasteiger charge is -2.58. The summed E-state index contributed by atoms with van der Waals surface area (Å²) < 4.78 is 7.09. The Labute approximate surface area is 245 Å². The Morgan fingerprint density at radius 2 is 1.79 bits per heavy atom. The quantitative estimate of drug-likeness (QED) is 0.240.